The first-order valence-corrected chi connectivity index (χ1v) is 11.6. The van der Waals surface area contributed by atoms with Crippen LogP contribution in [0.15, 0.2) is 18.2 Å². The molecule has 1 heterocycles. The topological polar surface area (TPSA) is 88.5 Å². The summed E-state index contributed by atoms with van der Waals surface area (Å²) in [5.74, 6) is -0.453. The summed E-state index contributed by atoms with van der Waals surface area (Å²) >= 11 is 6.57. The molecule has 1 amide bonds. The fourth-order valence-corrected chi connectivity index (χ4v) is 4.58. The van der Waals surface area contributed by atoms with Crippen LogP contribution in [0.4, 0.5) is 5.69 Å². The maximum atomic E-state index is 12.2. The van der Waals surface area contributed by atoms with Gasteiger partial charge in [0.25, 0.3) is 0 Å². The molecule has 2 aromatic rings. The highest BCUT2D eigenvalue weighted by Gasteiger charge is 2.21. The standard InChI is InChI=1S/C25H31ClN2O4/c1-4-32-23(31)14-22(30)28-20-12-15(2)19(16(3)24(20)26)13-18-10-11-21(29)25(27-18)17-8-6-5-7-9-17/h10-12,17,29H,4-9,13-14H2,1-3H3,(H,28,30). The Morgan fingerprint density at radius 1 is 1.22 bits per heavy atom. The summed E-state index contributed by atoms with van der Waals surface area (Å²) in [6.07, 6.45) is 5.94. The molecular weight excluding hydrogens is 428 g/mol. The number of aromatic hydroxyl groups is 1. The lowest BCUT2D eigenvalue weighted by molar-refractivity contribution is -0.145. The SMILES string of the molecule is CCOC(=O)CC(=O)Nc1cc(C)c(Cc2ccc(O)c(C3CCCCC3)n2)c(C)c1Cl. The molecule has 1 saturated carbocycles. The van der Waals surface area contributed by atoms with Gasteiger partial charge in [-0.1, -0.05) is 30.9 Å². The minimum absolute atomic E-state index is 0.230. The second kappa shape index (κ2) is 10.8. The predicted molar refractivity (Wildman–Crippen MR) is 125 cm³/mol. The van der Waals surface area contributed by atoms with Crippen LogP contribution in [-0.2, 0) is 20.7 Å². The van der Waals surface area contributed by atoms with Crippen LogP contribution in [-0.4, -0.2) is 28.6 Å². The van der Waals surface area contributed by atoms with E-state index in [-0.39, 0.29) is 18.8 Å². The van der Waals surface area contributed by atoms with E-state index in [2.05, 4.69) is 5.32 Å². The normalized spacial score (nSPS) is 14.2. The number of amides is 1. The molecule has 6 nitrogen and oxygen atoms in total. The van der Waals surface area contributed by atoms with Gasteiger partial charge >= 0.3 is 5.97 Å². The molecule has 0 saturated heterocycles. The third-order valence-electron chi connectivity index (χ3n) is 6.05. The maximum absolute atomic E-state index is 12.2. The van der Waals surface area contributed by atoms with Crippen molar-refractivity contribution < 1.29 is 19.4 Å². The number of carbonyl (C=O) groups is 2. The van der Waals surface area contributed by atoms with E-state index in [0.717, 1.165) is 40.9 Å². The Kier molecular flexibility index (Phi) is 8.13. The van der Waals surface area contributed by atoms with E-state index in [1.807, 2.05) is 26.0 Å². The van der Waals surface area contributed by atoms with Crippen LogP contribution < -0.4 is 5.32 Å². The molecule has 1 aliphatic carbocycles. The third-order valence-corrected chi connectivity index (χ3v) is 6.54. The van der Waals surface area contributed by atoms with Gasteiger partial charge in [-0.2, -0.15) is 0 Å². The van der Waals surface area contributed by atoms with Crippen LogP contribution in [0.3, 0.4) is 0 Å². The summed E-state index contributed by atoms with van der Waals surface area (Å²) in [6.45, 7) is 5.79. The van der Waals surface area contributed by atoms with E-state index in [4.69, 9.17) is 21.3 Å². The summed E-state index contributed by atoms with van der Waals surface area (Å²) in [5, 5.41) is 13.5. The van der Waals surface area contributed by atoms with Crippen LogP contribution in [0.5, 0.6) is 5.75 Å². The first-order valence-electron chi connectivity index (χ1n) is 11.2. The minimum atomic E-state index is -0.571. The largest absolute Gasteiger partial charge is 0.506 e. The molecule has 7 heteroatoms. The van der Waals surface area contributed by atoms with E-state index < -0.39 is 11.9 Å². The Morgan fingerprint density at radius 2 is 1.94 bits per heavy atom. The molecule has 172 valence electrons. The van der Waals surface area contributed by atoms with Crippen molar-refractivity contribution in [2.45, 2.75) is 71.6 Å². The Balaban J connectivity index is 1.80. The number of nitrogens with zero attached hydrogens (tertiary/aromatic N) is 1. The number of ether oxygens (including phenoxy) is 1. The van der Waals surface area contributed by atoms with Gasteiger partial charge in [0.05, 0.1) is 23.0 Å². The maximum Gasteiger partial charge on any atom is 0.315 e. The zero-order chi connectivity index (χ0) is 23.3. The van der Waals surface area contributed by atoms with E-state index in [9.17, 15) is 14.7 Å². The van der Waals surface area contributed by atoms with Crippen LogP contribution in [0.1, 0.15) is 79.4 Å². The van der Waals surface area contributed by atoms with Crippen LogP contribution in [0.2, 0.25) is 5.02 Å². The molecule has 32 heavy (non-hydrogen) atoms. The molecule has 1 fully saturated rings. The molecule has 0 atom stereocenters. The van der Waals surface area contributed by atoms with Gasteiger partial charge in [0.15, 0.2) is 0 Å². The van der Waals surface area contributed by atoms with Gasteiger partial charge in [-0.15, -0.1) is 0 Å². The number of benzene rings is 1. The molecule has 0 bridgehead atoms. The second-order valence-corrected chi connectivity index (χ2v) is 8.79. The van der Waals surface area contributed by atoms with Gasteiger partial charge in [-0.25, -0.2) is 0 Å². The van der Waals surface area contributed by atoms with Gasteiger partial charge in [-0.05, 0) is 68.5 Å². The highest BCUT2D eigenvalue weighted by atomic mass is 35.5. The van der Waals surface area contributed by atoms with Crippen molar-refractivity contribution >= 4 is 29.2 Å². The number of esters is 1. The van der Waals surface area contributed by atoms with E-state index in [1.54, 1.807) is 13.0 Å². The molecule has 3 rings (SSSR count). The van der Waals surface area contributed by atoms with Crippen molar-refractivity contribution in [1.29, 1.82) is 0 Å². The lowest BCUT2D eigenvalue weighted by Crippen LogP contribution is -2.18. The number of hydrogen-bond donors (Lipinski definition) is 2. The van der Waals surface area contributed by atoms with Gasteiger partial charge in [-0.3, -0.25) is 14.6 Å². The lowest BCUT2D eigenvalue weighted by Gasteiger charge is -2.22. The molecule has 0 radical (unpaired) electrons. The molecule has 1 aliphatic rings. The van der Waals surface area contributed by atoms with Crippen LogP contribution in [0, 0.1) is 13.8 Å². The first-order chi connectivity index (χ1) is 15.3. The average molecular weight is 459 g/mol. The Labute approximate surface area is 194 Å². The molecule has 0 unspecified atom stereocenters. The Morgan fingerprint density at radius 3 is 2.62 bits per heavy atom. The second-order valence-electron chi connectivity index (χ2n) is 8.41. The number of anilines is 1. The molecule has 0 spiro atoms. The van der Waals surface area contributed by atoms with E-state index >= 15 is 0 Å². The van der Waals surface area contributed by atoms with Crippen molar-refractivity contribution in [3.05, 3.63) is 51.3 Å². The van der Waals surface area contributed by atoms with Crippen molar-refractivity contribution in [3.8, 4) is 5.75 Å². The van der Waals surface area contributed by atoms with Crippen LogP contribution in [0.25, 0.3) is 0 Å². The summed E-state index contributed by atoms with van der Waals surface area (Å²) in [5.41, 5.74) is 5.00. The average Bonchev–Trinajstić information content (AvgIpc) is 2.76. The van der Waals surface area contributed by atoms with Crippen molar-refractivity contribution in [3.63, 3.8) is 0 Å². The predicted octanol–water partition coefficient (Wildman–Crippen LogP) is 5.59. The monoisotopic (exact) mass is 458 g/mol. The zero-order valence-corrected chi connectivity index (χ0v) is 19.7. The Bertz CT molecular complexity index is 1000. The van der Waals surface area contributed by atoms with Gasteiger partial charge < -0.3 is 15.2 Å². The molecule has 2 N–H and O–H groups in total. The molecule has 0 aliphatic heterocycles. The highest BCUT2D eigenvalue weighted by molar-refractivity contribution is 6.34. The van der Waals surface area contributed by atoms with Crippen molar-refractivity contribution in [1.82, 2.24) is 4.98 Å². The summed E-state index contributed by atoms with van der Waals surface area (Å²) in [4.78, 5) is 28.5. The quantitative estimate of drug-likeness (QED) is 0.417. The number of carbonyl (C=O) groups excluding carboxylic acids is 2. The molecular formula is C25H31ClN2O4. The number of aromatic nitrogens is 1. The third kappa shape index (κ3) is 5.80. The fourth-order valence-electron chi connectivity index (χ4n) is 4.36. The van der Waals surface area contributed by atoms with Crippen molar-refractivity contribution in [2.75, 3.05) is 11.9 Å². The van der Waals surface area contributed by atoms with Gasteiger partial charge in [0.2, 0.25) is 5.91 Å². The number of nitrogens with one attached hydrogen (secondary N) is 1. The molecule has 1 aromatic carbocycles. The number of pyridine rings is 1. The zero-order valence-electron chi connectivity index (χ0n) is 19.0. The van der Waals surface area contributed by atoms with E-state index in [1.165, 1.54) is 19.3 Å². The lowest BCUT2D eigenvalue weighted by atomic mass is 9.86. The van der Waals surface area contributed by atoms with Crippen molar-refractivity contribution in [2.24, 2.45) is 0 Å². The number of halogens is 1. The van der Waals surface area contributed by atoms with Crippen LogP contribution >= 0.6 is 11.6 Å². The van der Waals surface area contributed by atoms with Gasteiger partial charge in [0.1, 0.15) is 12.2 Å². The Hall–Kier alpha value is -2.60. The fraction of sp³-hybridized carbons (Fsp3) is 0.480. The highest BCUT2D eigenvalue weighted by Crippen LogP contribution is 2.37. The summed E-state index contributed by atoms with van der Waals surface area (Å²) < 4.78 is 4.82. The molecule has 1 aromatic heterocycles. The first kappa shape index (κ1) is 24.1. The number of rotatable bonds is 7. The number of hydrogen-bond acceptors (Lipinski definition) is 5. The summed E-state index contributed by atoms with van der Waals surface area (Å²) in [7, 11) is 0. The number of aryl methyl sites for hydroxylation is 1. The smallest absolute Gasteiger partial charge is 0.315 e. The summed E-state index contributed by atoms with van der Waals surface area (Å²) in [6, 6.07) is 5.40. The van der Waals surface area contributed by atoms with E-state index in [0.29, 0.717) is 23.0 Å². The van der Waals surface area contributed by atoms with Gasteiger partial charge in [0, 0.05) is 18.0 Å². The minimum Gasteiger partial charge on any atom is -0.506 e.